The van der Waals surface area contributed by atoms with Crippen molar-refractivity contribution in [1.29, 1.82) is 0 Å². The van der Waals surface area contributed by atoms with Gasteiger partial charge in [0.1, 0.15) is 0 Å². The predicted octanol–water partition coefficient (Wildman–Crippen LogP) is 1.77. The monoisotopic (exact) mass is 315 g/mol. The molecular weight excluding hydrogens is 305 g/mol. The fourth-order valence-corrected chi connectivity index (χ4v) is 2.22. The first kappa shape index (κ1) is 14.6. The van der Waals surface area contributed by atoms with Gasteiger partial charge in [-0.25, -0.2) is 4.98 Å². The molecule has 0 radical (unpaired) electrons. The summed E-state index contributed by atoms with van der Waals surface area (Å²) in [6.07, 6.45) is 3.24. The van der Waals surface area contributed by atoms with Crippen LogP contribution in [0.1, 0.15) is 12.1 Å². The van der Waals surface area contributed by atoms with Gasteiger partial charge in [0.15, 0.2) is 5.65 Å². The molecule has 0 atom stereocenters. The number of fused-ring (bicyclic) bond motifs is 1. The second-order valence-corrected chi connectivity index (χ2v) is 4.98. The quantitative estimate of drug-likeness (QED) is 0.880. The van der Waals surface area contributed by atoms with Crippen LogP contribution in [0.3, 0.4) is 0 Å². The Morgan fingerprint density at radius 1 is 1.35 bits per heavy atom. The molecule has 0 fully saturated rings. The topological polar surface area (TPSA) is 83.7 Å². The molecule has 2 rings (SSSR count). The van der Waals surface area contributed by atoms with Crippen LogP contribution < -0.4 is 5.32 Å². The highest BCUT2D eigenvalue weighted by molar-refractivity contribution is 6.36. The Labute approximate surface area is 124 Å². The number of rotatable bonds is 5. The molecule has 6 nitrogen and oxygen atoms in total. The van der Waals surface area contributed by atoms with Gasteiger partial charge in [-0.1, -0.05) is 23.2 Å². The van der Waals surface area contributed by atoms with Crippen molar-refractivity contribution in [1.82, 2.24) is 14.7 Å². The smallest absolute Gasteiger partial charge is 0.305 e. The number of amides is 1. The first-order chi connectivity index (χ1) is 9.45. The van der Waals surface area contributed by atoms with Crippen molar-refractivity contribution in [3.05, 3.63) is 34.2 Å². The third-order valence-corrected chi connectivity index (χ3v) is 3.01. The second-order valence-electron chi connectivity index (χ2n) is 4.14. The van der Waals surface area contributed by atoms with Crippen LogP contribution >= 0.6 is 23.2 Å². The summed E-state index contributed by atoms with van der Waals surface area (Å²) in [7, 11) is 0. The minimum absolute atomic E-state index is 0.0508. The molecule has 0 saturated carbocycles. The van der Waals surface area contributed by atoms with Gasteiger partial charge in [-0.3, -0.25) is 9.59 Å². The van der Waals surface area contributed by atoms with Crippen molar-refractivity contribution >= 4 is 40.7 Å². The summed E-state index contributed by atoms with van der Waals surface area (Å²) in [6, 6.07) is 1.57. The number of carboxylic acids is 1. The molecule has 0 spiro atoms. The third kappa shape index (κ3) is 3.61. The van der Waals surface area contributed by atoms with Crippen molar-refractivity contribution < 1.29 is 14.7 Å². The average Bonchev–Trinajstić information content (AvgIpc) is 2.71. The molecule has 0 aliphatic carbocycles. The predicted molar refractivity (Wildman–Crippen MR) is 74.2 cm³/mol. The molecule has 2 N–H and O–H groups in total. The summed E-state index contributed by atoms with van der Waals surface area (Å²) in [4.78, 5) is 26.2. The van der Waals surface area contributed by atoms with E-state index in [0.717, 1.165) is 0 Å². The lowest BCUT2D eigenvalue weighted by Gasteiger charge is -2.00. The van der Waals surface area contributed by atoms with E-state index in [0.29, 0.717) is 21.4 Å². The first-order valence-electron chi connectivity index (χ1n) is 5.77. The summed E-state index contributed by atoms with van der Waals surface area (Å²) in [5.74, 6) is -1.25. The maximum atomic E-state index is 11.6. The standard InChI is InChI=1S/C12H11Cl2N3O3/c13-7-3-9(14)12-16-8(6-17(12)5-7)4-10(18)15-2-1-11(19)20/h3,5-6H,1-2,4H2,(H,15,18)(H,19,20). The van der Waals surface area contributed by atoms with Gasteiger partial charge in [0.05, 0.1) is 28.6 Å². The molecule has 0 unspecified atom stereocenters. The number of carbonyl (C=O) groups excluding carboxylic acids is 1. The minimum atomic E-state index is -0.959. The zero-order valence-electron chi connectivity index (χ0n) is 10.3. The second kappa shape index (κ2) is 6.11. The van der Waals surface area contributed by atoms with Crippen LogP contribution in [0.15, 0.2) is 18.5 Å². The zero-order chi connectivity index (χ0) is 14.7. The molecule has 0 aromatic carbocycles. The van der Waals surface area contributed by atoms with Gasteiger partial charge in [-0.15, -0.1) is 0 Å². The van der Waals surface area contributed by atoms with Crippen molar-refractivity contribution in [2.24, 2.45) is 0 Å². The van der Waals surface area contributed by atoms with Gasteiger partial charge in [-0.05, 0) is 6.07 Å². The van der Waals surface area contributed by atoms with Crippen LogP contribution in [0.25, 0.3) is 5.65 Å². The molecule has 0 aliphatic heterocycles. The number of halogens is 2. The third-order valence-electron chi connectivity index (χ3n) is 2.53. The summed E-state index contributed by atoms with van der Waals surface area (Å²) in [5.41, 5.74) is 1.05. The van der Waals surface area contributed by atoms with Crippen LogP contribution in [0.4, 0.5) is 0 Å². The lowest BCUT2D eigenvalue weighted by Crippen LogP contribution is -2.27. The Bertz CT molecular complexity index is 669. The molecular formula is C12H11Cl2N3O3. The molecule has 0 saturated heterocycles. The molecule has 20 heavy (non-hydrogen) atoms. The Morgan fingerprint density at radius 2 is 2.10 bits per heavy atom. The van der Waals surface area contributed by atoms with Crippen molar-refractivity contribution in [3.8, 4) is 0 Å². The van der Waals surface area contributed by atoms with Crippen LogP contribution in [-0.2, 0) is 16.0 Å². The number of nitrogens with zero attached hydrogens (tertiary/aromatic N) is 2. The number of carboxylic acid groups (broad SMARTS) is 1. The highest BCUT2D eigenvalue weighted by Gasteiger charge is 2.10. The van der Waals surface area contributed by atoms with Gasteiger partial charge in [-0.2, -0.15) is 0 Å². The highest BCUT2D eigenvalue weighted by atomic mass is 35.5. The SMILES string of the molecule is O=C(O)CCNC(=O)Cc1cn2cc(Cl)cc(Cl)c2n1. The number of hydrogen-bond acceptors (Lipinski definition) is 3. The number of aromatic nitrogens is 2. The molecule has 1 amide bonds. The van der Waals surface area contributed by atoms with Gasteiger partial charge in [0.25, 0.3) is 0 Å². The summed E-state index contributed by atoms with van der Waals surface area (Å²) in [6.45, 7) is 0.0914. The number of aliphatic carboxylic acids is 1. The minimum Gasteiger partial charge on any atom is -0.481 e. The summed E-state index contributed by atoms with van der Waals surface area (Å²) in [5, 5.41) is 11.8. The van der Waals surface area contributed by atoms with E-state index in [1.54, 1.807) is 22.9 Å². The van der Waals surface area contributed by atoms with E-state index in [4.69, 9.17) is 28.3 Å². The van der Waals surface area contributed by atoms with E-state index >= 15 is 0 Å². The van der Waals surface area contributed by atoms with Crippen LogP contribution in [0.2, 0.25) is 10.0 Å². The zero-order valence-corrected chi connectivity index (χ0v) is 11.8. The molecule has 2 aromatic rings. The average molecular weight is 316 g/mol. The molecule has 0 bridgehead atoms. The van der Waals surface area contributed by atoms with Gasteiger partial charge in [0, 0.05) is 18.9 Å². The maximum absolute atomic E-state index is 11.6. The van der Waals surface area contributed by atoms with E-state index in [1.165, 1.54) is 0 Å². The molecule has 106 valence electrons. The van der Waals surface area contributed by atoms with E-state index in [2.05, 4.69) is 10.3 Å². The molecule has 2 heterocycles. The van der Waals surface area contributed by atoms with Gasteiger partial charge >= 0.3 is 5.97 Å². The van der Waals surface area contributed by atoms with Crippen molar-refractivity contribution in [2.75, 3.05) is 6.54 Å². The molecule has 0 aliphatic rings. The van der Waals surface area contributed by atoms with E-state index in [-0.39, 0.29) is 25.3 Å². The lowest BCUT2D eigenvalue weighted by atomic mass is 10.3. The Kier molecular flexibility index (Phi) is 4.46. The Balaban J connectivity index is 2.05. The van der Waals surface area contributed by atoms with Crippen molar-refractivity contribution in [3.63, 3.8) is 0 Å². The molecule has 2 aromatic heterocycles. The van der Waals surface area contributed by atoms with E-state index < -0.39 is 5.97 Å². The number of pyridine rings is 1. The van der Waals surface area contributed by atoms with Crippen LogP contribution in [-0.4, -0.2) is 32.9 Å². The normalized spacial score (nSPS) is 10.7. The number of hydrogen-bond donors (Lipinski definition) is 2. The van der Waals surface area contributed by atoms with Crippen LogP contribution in [0.5, 0.6) is 0 Å². The number of imidazole rings is 1. The summed E-state index contributed by atoms with van der Waals surface area (Å²) < 4.78 is 1.64. The maximum Gasteiger partial charge on any atom is 0.305 e. The van der Waals surface area contributed by atoms with Gasteiger partial charge in [0.2, 0.25) is 5.91 Å². The number of nitrogens with one attached hydrogen (secondary N) is 1. The highest BCUT2D eigenvalue weighted by Crippen LogP contribution is 2.21. The first-order valence-corrected chi connectivity index (χ1v) is 6.52. The van der Waals surface area contributed by atoms with Crippen molar-refractivity contribution in [2.45, 2.75) is 12.8 Å². The summed E-state index contributed by atoms with van der Waals surface area (Å²) >= 11 is 11.9. The lowest BCUT2D eigenvalue weighted by molar-refractivity contribution is -0.136. The Morgan fingerprint density at radius 3 is 2.80 bits per heavy atom. The Hall–Kier alpha value is -1.79. The molecule has 8 heteroatoms. The fraction of sp³-hybridized carbons (Fsp3) is 0.250. The largest absolute Gasteiger partial charge is 0.481 e. The number of carbonyl (C=O) groups is 2. The van der Waals surface area contributed by atoms with E-state index in [9.17, 15) is 9.59 Å². The fourth-order valence-electron chi connectivity index (χ4n) is 1.70. The van der Waals surface area contributed by atoms with Gasteiger partial charge < -0.3 is 14.8 Å². The van der Waals surface area contributed by atoms with Crippen LogP contribution in [0, 0.1) is 0 Å². The van der Waals surface area contributed by atoms with E-state index in [1.807, 2.05) is 0 Å².